The van der Waals surface area contributed by atoms with Gasteiger partial charge in [-0.1, -0.05) is 0 Å². The summed E-state index contributed by atoms with van der Waals surface area (Å²) in [6.07, 6.45) is -1.07. The Bertz CT molecular complexity index is 1220. The molecule has 10 heteroatoms. The lowest BCUT2D eigenvalue weighted by Crippen LogP contribution is -2.12. The molecule has 2 aromatic heterocycles. The predicted molar refractivity (Wildman–Crippen MR) is 110 cm³/mol. The van der Waals surface area contributed by atoms with Gasteiger partial charge in [-0.25, -0.2) is 9.67 Å². The number of aryl methyl sites for hydroxylation is 1. The second-order valence-electron chi connectivity index (χ2n) is 6.72. The van der Waals surface area contributed by atoms with Crippen molar-refractivity contribution in [2.75, 3.05) is 5.32 Å². The van der Waals surface area contributed by atoms with Gasteiger partial charge in [0.2, 0.25) is 5.88 Å². The van der Waals surface area contributed by atoms with E-state index in [-0.39, 0.29) is 5.56 Å². The molecule has 0 unspecified atom stereocenters. The Hall–Kier alpha value is -4.21. The molecule has 0 saturated heterocycles. The fourth-order valence-electron chi connectivity index (χ4n) is 2.84. The molecule has 0 atom stereocenters. The van der Waals surface area contributed by atoms with Gasteiger partial charge in [-0.3, -0.25) is 4.79 Å². The number of benzene rings is 2. The van der Waals surface area contributed by atoms with Gasteiger partial charge in [0.05, 0.1) is 5.56 Å². The van der Waals surface area contributed by atoms with Crippen LogP contribution in [-0.4, -0.2) is 25.7 Å². The highest BCUT2D eigenvalue weighted by molar-refractivity contribution is 6.04. The smallest absolute Gasteiger partial charge is 0.416 e. The van der Waals surface area contributed by atoms with Crippen LogP contribution in [-0.2, 0) is 6.18 Å². The lowest BCUT2D eigenvalue weighted by molar-refractivity contribution is -0.137. The molecular weight excluding hydrogens is 423 g/mol. The van der Waals surface area contributed by atoms with Crippen LogP contribution in [0, 0.1) is 6.92 Å². The van der Waals surface area contributed by atoms with Gasteiger partial charge in [0.25, 0.3) is 5.91 Å². The fourth-order valence-corrected chi connectivity index (χ4v) is 2.84. The van der Waals surface area contributed by atoms with Crippen molar-refractivity contribution in [3.63, 3.8) is 0 Å². The Labute approximate surface area is 180 Å². The highest BCUT2D eigenvalue weighted by Crippen LogP contribution is 2.29. The number of nitrogens with one attached hydrogen (secondary N) is 1. The van der Waals surface area contributed by atoms with Gasteiger partial charge in [0.1, 0.15) is 11.6 Å². The summed E-state index contributed by atoms with van der Waals surface area (Å²) in [4.78, 5) is 20.9. The number of aromatic nitrogens is 4. The van der Waals surface area contributed by atoms with E-state index in [2.05, 4.69) is 20.4 Å². The lowest BCUT2D eigenvalue weighted by atomic mass is 10.1. The maximum atomic E-state index is 12.7. The highest BCUT2D eigenvalue weighted by Gasteiger charge is 2.30. The first kappa shape index (κ1) is 21.0. The van der Waals surface area contributed by atoms with Crippen molar-refractivity contribution in [1.82, 2.24) is 19.7 Å². The summed E-state index contributed by atoms with van der Waals surface area (Å²) >= 11 is 0. The first-order valence-electron chi connectivity index (χ1n) is 9.40. The molecule has 2 heterocycles. The van der Waals surface area contributed by atoms with Gasteiger partial charge >= 0.3 is 6.18 Å². The number of carbonyl (C=O) groups is 1. The van der Waals surface area contributed by atoms with Crippen molar-refractivity contribution in [3.8, 4) is 17.4 Å². The van der Waals surface area contributed by atoms with Gasteiger partial charge in [-0.15, -0.1) is 0 Å². The first-order valence-corrected chi connectivity index (χ1v) is 9.40. The van der Waals surface area contributed by atoms with E-state index in [1.54, 1.807) is 60.4 Å². The summed E-state index contributed by atoms with van der Waals surface area (Å²) in [5, 5.41) is 6.76. The molecular formula is C22H16F3N5O2. The van der Waals surface area contributed by atoms with Gasteiger partial charge in [0.15, 0.2) is 5.82 Å². The molecule has 2 aromatic carbocycles. The third-order valence-corrected chi connectivity index (χ3v) is 4.35. The van der Waals surface area contributed by atoms with Crippen molar-refractivity contribution in [2.24, 2.45) is 0 Å². The first-order chi connectivity index (χ1) is 15.3. The van der Waals surface area contributed by atoms with E-state index < -0.39 is 17.6 Å². The van der Waals surface area contributed by atoms with Crippen molar-refractivity contribution in [1.29, 1.82) is 0 Å². The number of carbonyl (C=O) groups excluding carboxylic acids is 1. The van der Waals surface area contributed by atoms with Crippen LogP contribution in [0.5, 0.6) is 11.6 Å². The number of nitrogens with zero attached hydrogens (tertiary/aromatic N) is 4. The number of hydrogen-bond acceptors (Lipinski definition) is 5. The van der Waals surface area contributed by atoms with Crippen molar-refractivity contribution >= 4 is 11.6 Å². The summed E-state index contributed by atoms with van der Waals surface area (Å²) in [6.45, 7) is 1.74. The molecule has 0 radical (unpaired) electrons. The number of ether oxygens (including phenoxy) is 1. The molecule has 1 amide bonds. The standard InChI is InChI=1S/C22H16F3N5O2/c1-14-27-19(30-12-2-11-26-30)13-20(28-14)32-18-9-7-17(8-10-18)29-21(31)15-3-5-16(6-4-15)22(23,24)25/h2-13H,1H3,(H,29,31). The van der Waals surface area contributed by atoms with E-state index in [4.69, 9.17) is 4.74 Å². The maximum Gasteiger partial charge on any atom is 0.416 e. The molecule has 0 bridgehead atoms. The van der Waals surface area contributed by atoms with Crippen molar-refractivity contribution < 1.29 is 22.7 Å². The Kier molecular flexibility index (Phi) is 5.59. The second kappa shape index (κ2) is 8.50. The van der Waals surface area contributed by atoms with Crippen LogP contribution in [0.3, 0.4) is 0 Å². The zero-order chi connectivity index (χ0) is 22.7. The lowest BCUT2D eigenvalue weighted by Gasteiger charge is -2.10. The van der Waals surface area contributed by atoms with E-state index in [9.17, 15) is 18.0 Å². The van der Waals surface area contributed by atoms with Crippen LogP contribution in [0.1, 0.15) is 21.7 Å². The normalized spacial score (nSPS) is 11.2. The molecule has 4 aromatic rings. The van der Waals surface area contributed by atoms with Crippen LogP contribution in [0.25, 0.3) is 5.82 Å². The Morgan fingerprint density at radius 3 is 2.38 bits per heavy atom. The van der Waals surface area contributed by atoms with Crippen LogP contribution >= 0.6 is 0 Å². The molecule has 32 heavy (non-hydrogen) atoms. The SMILES string of the molecule is Cc1nc(Oc2ccc(NC(=O)c3ccc(C(F)(F)F)cc3)cc2)cc(-n2cccn2)n1. The van der Waals surface area contributed by atoms with E-state index in [0.717, 1.165) is 24.3 Å². The topological polar surface area (TPSA) is 81.9 Å². The molecule has 0 saturated carbocycles. The molecule has 7 nitrogen and oxygen atoms in total. The minimum absolute atomic E-state index is 0.112. The molecule has 0 aliphatic heterocycles. The third kappa shape index (κ3) is 4.91. The van der Waals surface area contributed by atoms with Crippen molar-refractivity contribution in [3.05, 3.63) is 90.0 Å². The zero-order valence-corrected chi connectivity index (χ0v) is 16.7. The predicted octanol–water partition coefficient (Wildman–Crippen LogP) is 5.03. The van der Waals surface area contributed by atoms with Gasteiger partial charge < -0.3 is 10.1 Å². The van der Waals surface area contributed by atoms with Crippen molar-refractivity contribution in [2.45, 2.75) is 13.1 Å². The van der Waals surface area contributed by atoms with Gasteiger partial charge in [-0.2, -0.15) is 23.3 Å². The molecule has 1 N–H and O–H groups in total. The Morgan fingerprint density at radius 2 is 1.75 bits per heavy atom. The van der Waals surface area contributed by atoms with Crippen LogP contribution < -0.4 is 10.1 Å². The Morgan fingerprint density at radius 1 is 1.03 bits per heavy atom. The highest BCUT2D eigenvalue weighted by atomic mass is 19.4. The minimum atomic E-state index is -4.45. The second-order valence-corrected chi connectivity index (χ2v) is 6.72. The van der Waals surface area contributed by atoms with E-state index in [1.165, 1.54) is 0 Å². The monoisotopic (exact) mass is 439 g/mol. The largest absolute Gasteiger partial charge is 0.439 e. The summed E-state index contributed by atoms with van der Waals surface area (Å²) < 4.78 is 45.3. The minimum Gasteiger partial charge on any atom is -0.439 e. The number of halogens is 3. The van der Waals surface area contributed by atoms with Gasteiger partial charge in [0, 0.05) is 29.7 Å². The molecule has 0 spiro atoms. The molecule has 0 aliphatic carbocycles. The quantitative estimate of drug-likeness (QED) is 0.472. The summed E-state index contributed by atoms with van der Waals surface area (Å²) in [5.74, 6) is 1.33. The average molecular weight is 439 g/mol. The summed E-state index contributed by atoms with van der Waals surface area (Å²) in [5.41, 5.74) is -0.245. The third-order valence-electron chi connectivity index (χ3n) is 4.35. The van der Waals surface area contributed by atoms with E-state index in [1.807, 2.05) is 0 Å². The maximum absolute atomic E-state index is 12.7. The van der Waals surface area contributed by atoms with Crippen LogP contribution in [0.15, 0.2) is 73.1 Å². The van der Waals surface area contributed by atoms with E-state index >= 15 is 0 Å². The van der Waals surface area contributed by atoms with Crippen LogP contribution in [0.2, 0.25) is 0 Å². The Balaban J connectivity index is 1.43. The number of amides is 1. The summed E-state index contributed by atoms with van der Waals surface area (Å²) in [7, 11) is 0. The van der Waals surface area contributed by atoms with E-state index in [0.29, 0.717) is 29.0 Å². The molecule has 4 rings (SSSR count). The molecule has 0 aliphatic rings. The number of alkyl halides is 3. The number of rotatable bonds is 5. The molecule has 162 valence electrons. The average Bonchev–Trinajstić information content (AvgIpc) is 3.29. The van der Waals surface area contributed by atoms with Crippen LogP contribution in [0.4, 0.5) is 18.9 Å². The van der Waals surface area contributed by atoms with Gasteiger partial charge in [-0.05, 0) is 61.5 Å². The number of anilines is 1. The zero-order valence-electron chi connectivity index (χ0n) is 16.7. The fraction of sp³-hybridized carbons (Fsp3) is 0.0909. The molecule has 0 fully saturated rings. The number of hydrogen-bond donors (Lipinski definition) is 1. The summed E-state index contributed by atoms with van der Waals surface area (Å²) in [6, 6.07) is 13.9.